The SMILES string of the molecule is Cc1ccc(-c2c3nc(c(-c4ccc(C)cc4)c4ccc(s4)c(-c4ccc(C#CC(C)(C)O)cc4)c4nc(c(-c5ccc(C)cc5)c5ccc2s5)C=C4)C=C3)cc1. The molecule has 0 radical (unpaired) electrons. The zero-order valence-corrected chi connectivity index (χ0v) is 34.1. The molecule has 7 aromatic rings. The highest BCUT2D eigenvalue weighted by Crippen LogP contribution is 2.43. The summed E-state index contributed by atoms with van der Waals surface area (Å²) in [4.78, 5) is 10.9. The zero-order valence-electron chi connectivity index (χ0n) is 32.5. The second-order valence-electron chi connectivity index (χ2n) is 15.2. The van der Waals surface area contributed by atoms with Gasteiger partial charge >= 0.3 is 0 Å². The Labute approximate surface area is 342 Å². The van der Waals surface area contributed by atoms with Gasteiger partial charge in [-0.25, -0.2) is 9.97 Å². The molecule has 0 unspecified atom stereocenters. The third kappa shape index (κ3) is 7.44. The first-order valence-corrected chi connectivity index (χ1v) is 20.7. The van der Waals surface area contributed by atoms with Crippen LogP contribution in [0.1, 0.15) is 58.9 Å². The Hall–Kier alpha value is -6.16. The van der Waals surface area contributed by atoms with Gasteiger partial charge in [0.25, 0.3) is 0 Å². The minimum Gasteiger partial charge on any atom is -0.378 e. The lowest BCUT2D eigenvalue weighted by atomic mass is 10.0. The average molecular weight is 773 g/mol. The van der Waals surface area contributed by atoms with Crippen LogP contribution in [0.15, 0.2) is 121 Å². The molecule has 0 amide bonds. The summed E-state index contributed by atoms with van der Waals surface area (Å²) in [5.41, 5.74) is 15.9. The van der Waals surface area contributed by atoms with Crippen molar-refractivity contribution in [2.75, 3.05) is 0 Å². The number of aromatic nitrogens is 2. The van der Waals surface area contributed by atoms with E-state index in [0.717, 1.165) is 91.6 Å². The van der Waals surface area contributed by atoms with Crippen LogP contribution < -0.4 is 0 Å². The van der Waals surface area contributed by atoms with E-state index in [4.69, 9.17) is 9.97 Å². The fourth-order valence-electron chi connectivity index (χ4n) is 7.27. The van der Waals surface area contributed by atoms with Crippen LogP contribution in [0.25, 0.3) is 87.6 Å². The number of thiophene rings is 2. The fraction of sp³-hybridized carbons (Fsp3) is 0.115. The summed E-state index contributed by atoms with van der Waals surface area (Å²) in [6.07, 6.45) is 8.68. The molecule has 3 aromatic heterocycles. The van der Waals surface area contributed by atoms with Crippen molar-refractivity contribution < 1.29 is 5.11 Å². The average Bonchev–Trinajstić information content (AvgIpc) is 4.04. The van der Waals surface area contributed by atoms with Crippen LogP contribution in [-0.4, -0.2) is 20.7 Å². The summed E-state index contributed by atoms with van der Waals surface area (Å²) < 4.78 is 4.53. The summed E-state index contributed by atoms with van der Waals surface area (Å²) in [5.74, 6) is 6.08. The van der Waals surface area contributed by atoms with Crippen LogP contribution in [0.3, 0.4) is 0 Å². The molecule has 5 heterocycles. The molecule has 1 N–H and O–H groups in total. The molecule has 2 aliphatic rings. The lowest BCUT2D eigenvalue weighted by Crippen LogP contribution is -2.14. The van der Waals surface area contributed by atoms with Crippen molar-refractivity contribution in [2.24, 2.45) is 0 Å². The lowest BCUT2D eigenvalue weighted by molar-refractivity contribution is 0.143. The number of benzene rings is 4. The standard InChI is InChI=1S/C52H40N2OS2/c1-32-6-14-36(15-7-32)48-40-22-23-41(53-40)49(37-16-8-33(2)9-17-37)46-28-29-47(57-46)51(39-20-12-35(13-21-39)30-31-52(4,5)55)43-25-24-42(54-43)50(45-27-26-44(48)56-45)38-18-10-34(3)11-19-38/h6-29,55H,1-5H3. The van der Waals surface area contributed by atoms with E-state index in [1.165, 1.54) is 16.7 Å². The quantitative estimate of drug-likeness (QED) is 0.181. The van der Waals surface area contributed by atoms with Crippen molar-refractivity contribution in [1.82, 2.24) is 9.97 Å². The number of fused-ring (bicyclic) bond motifs is 8. The van der Waals surface area contributed by atoms with Gasteiger partial charge in [-0.2, -0.15) is 0 Å². The molecule has 276 valence electrons. The summed E-state index contributed by atoms with van der Waals surface area (Å²) in [7, 11) is 0. The van der Waals surface area contributed by atoms with Gasteiger partial charge in [-0.3, -0.25) is 0 Å². The molecule has 0 saturated heterocycles. The maximum atomic E-state index is 10.2. The van der Waals surface area contributed by atoms with Gasteiger partial charge < -0.3 is 5.11 Å². The van der Waals surface area contributed by atoms with Crippen LogP contribution >= 0.6 is 22.7 Å². The summed E-state index contributed by atoms with van der Waals surface area (Å²) in [6.45, 7) is 9.77. The Morgan fingerprint density at radius 1 is 0.421 bits per heavy atom. The molecular formula is C52H40N2OS2. The molecule has 8 bridgehead atoms. The monoisotopic (exact) mass is 772 g/mol. The second kappa shape index (κ2) is 14.7. The van der Waals surface area contributed by atoms with Crippen molar-refractivity contribution in [3.63, 3.8) is 0 Å². The maximum absolute atomic E-state index is 10.2. The Balaban J connectivity index is 1.42. The van der Waals surface area contributed by atoms with Gasteiger partial charge in [0.2, 0.25) is 0 Å². The van der Waals surface area contributed by atoms with Crippen LogP contribution in [0.5, 0.6) is 0 Å². The Bertz CT molecular complexity index is 2940. The van der Waals surface area contributed by atoms with Gasteiger partial charge in [0.15, 0.2) is 0 Å². The summed E-state index contributed by atoms with van der Waals surface area (Å²) in [5, 5.41) is 10.2. The Kier molecular flexibility index (Phi) is 9.43. The van der Waals surface area contributed by atoms with Gasteiger partial charge in [0.1, 0.15) is 5.60 Å². The summed E-state index contributed by atoms with van der Waals surface area (Å²) in [6, 6.07) is 43.5. The van der Waals surface area contributed by atoms with E-state index in [-0.39, 0.29) is 0 Å². The highest BCUT2D eigenvalue weighted by atomic mass is 32.1. The van der Waals surface area contributed by atoms with E-state index in [0.29, 0.717) is 0 Å². The first-order valence-electron chi connectivity index (χ1n) is 19.1. The normalized spacial score (nSPS) is 12.1. The molecule has 3 nitrogen and oxygen atoms in total. The first-order chi connectivity index (χ1) is 27.6. The predicted octanol–water partition coefficient (Wildman–Crippen LogP) is 13.8. The molecule has 57 heavy (non-hydrogen) atoms. The molecule has 9 rings (SSSR count). The van der Waals surface area contributed by atoms with Gasteiger partial charge in [-0.05, 0) is 118 Å². The van der Waals surface area contributed by atoms with E-state index in [1.54, 1.807) is 36.5 Å². The Morgan fingerprint density at radius 2 is 0.702 bits per heavy atom. The van der Waals surface area contributed by atoms with E-state index >= 15 is 0 Å². The number of aliphatic hydroxyl groups is 1. The number of hydrogen-bond acceptors (Lipinski definition) is 5. The van der Waals surface area contributed by atoms with Crippen molar-refractivity contribution in [1.29, 1.82) is 0 Å². The van der Waals surface area contributed by atoms with E-state index in [1.807, 2.05) is 12.1 Å². The van der Waals surface area contributed by atoms with Crippen molar-refractivity contribution in [2.45, 2.75) is 40.2 Å². The van der Waals surface area contributed by atoms with Crippen molar-refractivity contribution in [3.05, 3.63) is 166 Å². The zero-order chi connectivity index (χ0) is 39.3. The molecule has 0 aliphatic carbocycles. The molecule has 0 fully saturated rings. The molecule has 4 aromatic carbocycles. The molecule has 0 atom stereocenters. The minimum absolute atomic E-state index is 0.844. The van der Waals surface area contributed by atoms with Crippen molar-refractivity contribution in [3.8, 4) is 56.3 Å². The van der Waals surface area contributed by atoms with Gasteiger partial charge in [-0.15, -0.1) is 22.7 Å². The topological polar surface area (TPSA) is 46.0 Å². The van der Waals surface area contributed by atoms with Crippen molar-refractivity contribution >= 4 is 65.8 Å². The number of rotatable bonds is 4. The largest absolute Gasteiger partial charge is 0.378 e. The Morgan fingerprint density at radius 3 is 0.982 bits per heavy atom. The van der Waals surface area contributed by atoms with Gasteiger partial charge in [0, 0.05) is 46.6 Å². The van der Waals surface area contributed by atoms with E-state index < -0.39 is 5.60 Å². The first kappa shape index (κ1) is 36.5. The third-order valence-electron chi connectivity index (χ3n) is 10.2. The van der Waals surface area contributed by atoms with Crippen LogP contribution in [-0.2, 0) is 0 Å². The van der Waals surface area contributed by atoms with Gasteiger partial charge in [0.05, 0.1) is 22.8 Å². The van der Waals surface area contributed by atoms with Gasteiger partial charge in [-0.1, -0.05) is 113 Å². The van der Waals surface area contributed by atoms with Crippen LogP contribution in [0.4, 0.5) is 0 Å². The predicted molar refractivity (Wildman–Crippen MR) is 245 cm³/mol. The number of aryl methyl sites for hydroxylation is 3. The highest BCUT2D eigenvalue weighted by molar-refractivity contribution is 7.24. The smallest absolute Gasteiger partial charge is 0.120 e. The minimum atomic E-state index is -1.07. The van der Waals surface area contributed by atoms with Crippen LogP contribution in [0, 0.1) is 32.6 Å². The second-order valence-corrected chi connectivity index (χ2v) is 17.4. The lowest BCUT2D eigenvalue weighted by Gasteiger charge is -2.07. The highest BCUT2D eigenvalue weighted by Gasteiger charge is 2.19. The van der Waals surface area contributed by atoms with E-state index in [9.17, 15) is 5.11 Å². The molecule has 0 spiro atoms. The van der Waals surface area contributed by atoms with E-state index in [2.05, 4.69) is 166 Å². The third-order valence-corrected chi connectivity index (χ3v) is 12.4. The maximum Gasteiger partial charge on any atom is 0.120 e. The molecular weight excluding hydrogens is 733 g/mol. The molecule has 2 aliphatic heterocycles. The number of hydrogen-bond donors (Lipinski definition) is 1. The fourth-order valence-corrected chi connectivity index (χ4v) is 9.58. The number of nitrogens with zero attached hydrogens (tertiary/aromatic N) is 2. The molecule has 5 heteroatoms. The van der Waals surface area contributed by atoms with Crippen LogP contribution in [0.2, 0.25) is 0 Å². The molecule has 0 saturated carbocycles. The summed E-state index contributed by atoms with van der Waals surface area (Å²) >= 11 is 3.54.